The van der Waals surface area contributed by atoms with Gasteiger partial charge >= 0.3 is 18.1 Å². The van der Waals surface area contributed by atoms with Gasteiger partial charge in [0.2, 0.25) is 0 Å². The molecule has 0 aromatic heterocycles. The van der Waals surface area contributed by atoms with E-state index in [0.717, 1.165) is 12.1 Å². The highest BCUT2D eigenvalue weighted by Gasteiger charge is 2.30. The van der Waals surface area contributed by atoms with Crippen LogP contribution in [0.15, 0.2) is 24.3 Å². The zero-order valence-corrected chi connectivity index (χ0v) is 12.2. The van der Waals surface area contributed by atoms with E-state index in [0.29, 0.717) is 0 Å². The summed E-state index contributed by atoms with van der Waals surface area (Å²) in [4.78, 5) is 22.1. The normalized spacial score (nSPS) is 10.3. The number of alkyl halides is 3. The summed E-state index contributed by atoms with van der Waals surface area (Å²) < 4.78 is 47.0. The number of rotatable bonds is 4. The molecule has 23 heavy (non-hydrogen) atoms. The van der Waals surface area contributed by atoms with Crippen LogP contribution in [0, 0.1) is 11.8 Å². The van der Waals surface area contributed by atoms with Crippen LogP contribution in [0.3, 0.4) is 0 Å². The molecular weight excluding hydrogens is 315 g/mol. The van der Waals surface area contributed by atoms with Crippen molar-refractivity contribution in [2.24, 2.45) is 0 Å². The molecule has 0 aliphatic heterocycles. The molecule has 8 heteroatoms. The molecule has 0 fully saturated rings. The largest absolute Gasteiger partial charge is 0.481 e. The maximum Gasteiger partial charge on any atom is 0.416 e. The third-order valence-electron chi connectivity index (χ3n) is 2.40. The Kier molecular flexibility index (Phi) is 6.93. The Morgan fingerprint density at radius 3 is 2.65 bits per heavy atom. The zero-order valence-electron chi connectivity index (χ0n) is 12.2. The van der Waals surface area contributed by atoms with E-state index < -0.39 is 23.6 Å². The molecule has 1 N–H and O–H groups in total. The Morgan fingerprint density at radius 1 is 1.26 bits per heavy atom. The standard InChI is InChI=1S/C15H14F3NO4/c1-2-22-14(21)13(20)19-8-3-4-9-23-12-7-5-6-11(10-12)15(16,17)18/h5-7,10H,2,8-9H2,1H3,(H,19,20). The lowest BCUT2D eigenvalue weighted by Crippen LogP contribution is -2.32. The minimum absolute atomic E-state index is 0.0321. The monoisotopic (exact) mass is 329 g/mol. The lowest BCUT2D eigenvalue weighted by Gasteiger charge is -2.08. The Hall–Kier alpha value is -2.69. The van der Waals surface area contributed by atoms with E-state index in [4.69, 9.17) is 4.74 Å². The SMILES string of the molecule is CCOC(=O)C(=O)NCC#CCOc1cccc(C(F)(F)F)c1. The van der Waals surface area contributed by atoms with E-state index >= 15 is 0 Å². The Balaban J connectivity index is 2.38. The summed E-state index contributed by atoms with van der Waals surface area (Å²) in [6.07, 6.45) is -4.44. The first-order valence-corrected chi connectivity index (χ1v) is 6.55. The zero-order chi connectivity index (χ0) is 17.3. The molecule has 124 valence electrons. The predicted octanol–water partition coefficient (Wildman–Crippen LogP) is 1.77. The average molecular weight is 329 g/mol. The molecule has 0 saturated carbocycles. The number of benzene rings is 1. The second kappa shape index (κ2) is 8.68. The van der Waals surface area contributed by atoms with E-state index in [9.17, 15) is 22.8 Å². The summed E-state index contributed by atoms with van der Waals surface area (Å²) in [5.41, 5.74) is -0.815. The molecule has 0 bridgehead atoms. The highest BCUT2D eigenvalue weighted by molar-refractivity contribution is 6.32. The van der Waals surface area contributed by atoms with Gasteiger partial charge in [-0.1, -0.05) is 17.9 Å². The number of amides is 1. The highest BCUT2D eigenvalue weighted by atomic mass is 19.4. The van der Waals surface area contributed by atoms with E-state index in [-0.39, 0.29) is 25.5 Å². The molecule has 1 amide bonds. The minimum atomic E-state index is -4.44. The first-order valence-electron chi connectivity index (χ1n) is 6.55. The third kappa shape index (κ3) is 6.74. The average Bonchev–Trinajstić information content (AvgIpc) is 2.50. The van der Waals surface area contributed by atoms with Crippen molar-refractivity contribution in [1.82, 2.24) is 5.32 Å². The van der Waals surface area contributed by atoms with E-state index in [1.54, 1.807) is 6.92 Å². The molecule has 0 saturated heterocycles. The number of esters is 1. The van der Waals surface area contributed by atoms with Crippen molar-refractivity contribution in [3.63, 3.8) is 0 Å². The molecule has 5 nitrogen and oxygen atoms in total. The molecule has 0 heterocycles. The van der Waals surface area contributed by atoms with Gasteiger partial charge in [-0.25, -0.2) is 4.79 Å². The van der Waals surface area contributed by atoms with Gasteiger partial charge in [-0.2, -0.15) is 13.2 Å². The van der Waals surface area contributed by atoms with Crippen LogP contribution in [0.2, 0.25) is 0 Å². The van der Waals surface area contributed by atoms with Crippen LogP contribution in [-0.4, -0.2) is 31.6 Å². The fraction of sp³-hybridized carbons (Fsp3) is 0.333. The number of hydrogen-bond acceptors (Lipinski definition) is 4. The molecule has 1 aromatic rings. The van der Waals surface area contributed by atoms with Gasteiger partial charge < -0.3 is 14.8 Å². The summed E-state index contributed by atoms with van der Waals surface area (Å²) in [6.45, 7) is 1.39. The van der Waals surface area contributed by atoms with Crippen LogP contribution < -0.4 is 10.1 Å². The predicted molar refractivity (Wildman–Crippen MR) is 74.4 cm³/mol. The van der Waals surface area contributed by atoms with Gasteiger partial charge in [0.1, 0.15) is 12.4 Å². The summed E-state index contributed by atoms with van der Waals surface area (Å²) in [7, 11) is 0. The van der Waals surface area contributed by atoms with Gasteiger partial charge in [0.25, 0.3) is 0 Å². The maximum absolute atomic E-state index is 12.5. The molecule has 0 aliphatic carbocycles. The summed E-state index contributed by atoms with van der Waals surface area (Å²) in [5, 5.41) is 2.20. The number of nitrogens with one attached hydrogen (secondary N) is 1. The van der Waals surface area contributed by atoms with Crippen molar-refractivity contribution in [3.05, 3.63) is 29.8 Å². The Morgan fingerprint density at radius 2 is 2.00 bits per heavy atom. The van der Waals surface area contributed by atoms with Crippen LogP contribution in [0.4, 0.5) is 13.2 Å². The van der Waals surface area contributed by atoms with Crippen LogP contribution in [0.5, 0.6) is 5.75 Å². The fourth-order valence-electron chi connectivity index (χ4n) is 1.39. The number of ether oxygens (including phenoxy) is 2. The molecule has 0 unspecified atom stereocenters. The highest BCUT2D eigenvalue weighted by Crippen LogP contribution is 2.31. The minimum Gasteiger partial charge on any atom is -0.481 e. The van der Waals surface area contributed by atoms with Gasteiger partial charge in [-0.15, -0.1) is 0 Å². The lowest BCUT2D eigenvalue weighted by atomic mass is 10.2. The Labute approximate surface area is 130 Å². The molecule has 1 aromatic carbocycles. The van der Waals surface area contributed by atoms with Crippen molar-refractivity contribution >= 4 is 11.9 Å². The second-order valence-electron chi connectivity index (χ2n) is 4.07. The quantitative estimate of drug-likeness (QED) is 0.519. The van der Waals surface area contributed by atoms with Crippen molar-refractivity contribution in [3.8, 4) is 17.6 Å². The van der Waals surface area contributed by atoms with E-state index in [1.807, 2.05) is 0 Å². The van der Waals surface area contributed by atoms with Gasteiger partial charge in [0.05, 0.1) is 18.7 Å². The van der Waals surface area contributed by atoms with Crippen LogP contribution in [0.25, 0.3) is 0 Å². The maximum atomic E-state index is 12.5. The smallest absolute Gasteiger partial charge is 0.416 e. The summed E-state index contributed by atoms with van der Waals surface area (Å²) >= 11 is 0. The molecule has 0 spiro atoms. The Bertz CT molecular complexity index is 617. The molecular formula is C15H14F3NO4. The van der Waals surface area contributed by atoms with Crippen molar-refractivity contribution < 1.29 is 32.2 Å². The van der Waals surface area contributed by atoms with Gasteiger partial charge in [0, 0.05) is 0 Å². The fourth-order valence-corrected chi connectivity index (χ4v) is 1.39. The number of halogens is 3. The van der Waals surface area contributed by atoms with Crippen LogP contribution in [0.1, 0.15) is 12.5 Å². The van der Waals surface area contributed by atoms with E-state index in [1.165, 1.54) is 12.1 Å². The van der Waals surface area contributed by atoms with Crippen LogP contribution >= 0.6 is 0 Å². The second-order valence-corrected chi connectivity index (χ2v) is 4.07. The van der Waals surface area contributed by atoms with E-state index in [2.05, 4.69) is 21.9 Å². The molecule has 0 aliphatic rings. The van der Waals surface area contributed by atoms with Gasteiger partial charge in [0.15, 0.2) is 0 Å². The van der Waals surface area contributed by atoms with Crippen molar-refractivity contribution in [2.45, 2.75) is 13.1 Å². The first-order chi connectivity index (χ1) is 10.8. The first kappa shape index (κ1) is 18.4. The third-order valence-corrected chi connectivity index (χ3v) is 2.40. The molecule has 0 radical (unpaired) electrons. The van der Waals surface area contributed by atoms with Crippen molar-refractivity contribution in [2.75, 3.05) is 19.8 Å². The molecule has 1 rings (SSSR count). The number of carbonyl (C=O) groups is 2. The van der Waals surface area contributed by atoms with Crippen LogP contribution in [-0.2, 0) is 20.5 Å². The molecule has 0 atom stereocenters. The van der Waals surface area contributed by atoms with Gasteiger partial charge in [-0.05, 0) is 25.1 Å². The topological polar surface area (TPSA) is 64.6 Å². The van der Waals surface area contributed by atoms with Crippen molar-refractivity contribution in [1.29, 1.82) is 0 Å². The summed E-state index contributed by atoms with van der Waals surface area (Å²) in [5.74, 6) is 3.10. The number of carbonyl (C=O) groups excluding carboxylic acids is 2. The number of hydrogen-bond donors (Lipinski definition) is 1. The summed E-state index contributed by atoms with van der Waals surface area (Å²) in [6, 6.07) is 4.40. The lowest BCUT2D eigenvalue weighted by molar-refractivity contribution is -0.154. The van der Waals surface area contributed by atoms with Gasteiger partial charge in [-0.3, -0.25) is 4.79 Å².